The maximum atomic E-state index is 6.46. The third kappa shape index (κ3) is 8.95. The Bertz CT molecular complexity index is 1520. The van der Waals surface area contributed by atoms with Crippen LogP contribution in [0.3, 0.4) is 0 Å². The average molecular weight is 667 g/mol. The molecule has 0 radical (unpaired) electrons. The monoisotopic (exact) mass is 666 g/mol. The van der Waals surface area contributed by atoms with Crippen LogP contribution in [0.2, 0.25) is 5.02 Å². The van der Waals surface area contributed by atoms with Crippen LogP contribution < -0.4 is 14.8 Å². The minimum atomic E-state index is -0.203. The van der Waals surface area contributed by atoms with Crippen LogP contribution in [-0.2, 0) is 16.0 Å². The fourth-order valence-corrected chi connectivity index (χ4v) is 6.28. The quantitative estimate of drug-likeness (QED) is 0.174. The van der Waals surface area contributed by atoms with Crippen molar-refractivity contribution in [3.63, 3.8) is 0 Å². The van der Waals surface area contributed by atoms with Crippen molar-refractivity contribution in [2.45, 2.75) is 70.2 Å². The van der Waals surface area contributed by atoms with Crippen molar-refractivity contribution in [3.8, 4) is 22.8 Å². The number of hydrogen-bond acceptors (Lipinski definition) is 12. The van der Waals surface area contributed by atoms with Crippen molar-refractivity contribution >= 4 is 23.2 Å². The van der Waals surface area contributed by atoms with E-state index in [1.165, 1.54) is 0 Å². The number of nitrogens with zero attached hydrogens (tertiary/aromatic N) is 9. The van der Waals surface area contributed by atoms with Crippen molar-refractivity contribution in [3.05, 3.63) is 48.1 Å². The molecular formula is C32H43ClN10O4. The number of aromatic nitrogens is 8. The fraction of sp³-hybridized carbons (Fsp3) is 0.562. The highest BCUT2D eigenvalue weighted by atomic mass is 35.5. The van der Waals surface area contributed by atoms with Gasteiger partial charge in [-0.15, -0.1) is 10.2 Å². The molecule has 1 N–H and O–H groups in total. The molecule has 1 aliphatic heterocycles. The van der Waals surface area contributed by atoms with Crippen molar-refractivity contribution < 1.29 is 18.9 Å². The Morgan fingerprint density at radius 1 is 1.02 bits per heavy atom. The number of nitrogens with one attached hydrogen (secondary N) is 1. The van der Waals surface area contributed by atoms with Gasteiger partial charge in [-0.1, -0.05) is 17.7 Å². The highest BCUT2D eigenvalue weighted by molar-refractivity contribution is 6.32. The van der Waals surface area contributed by atoms with E-state index in [-0.39, 0.29) is 6.10 Å². The molecule has 6 rings (SSSR count). The van der Waals surface area contributed by atoms with E-state index in [9.17, 15) is 0 Å². The summed E-state index contributed by atoms with van der Waals surface area (Å²) < 4.78 is 26.7. The van der Waals surface area contributed by atoms with Gasteiger partial charge in [0, 0.05) is 50.8 Å². The second-order valence-electron chi connectivity index (χ2n) is 12.0. The lowest BCUT2D eigenvalue weighted by Gasteiger charge is -2.38. The fourth-order valence-electron chi connectivity index (χ4n) is 6.12. The van der Waals surface area contributed by atoms with Crippen molar-refractivity contribution in [1.82, 2.24) is 44.9 Å². The van der Waals surface area contributed by atoms with Gasteiger partial charge in [0.25, 0.3) is 5.88 Å². The molecule has 4 heterocycles. The smallest absolute Gasteiger partial charge is 0.256 e. The van der Waals surface area contributed by atoms with E-state index >= 15 is 0 Å². The van der Waals surface area contributed by atoms with E-state index in [1.54, 1.807) is 36.6 Å². The zero-order valence-electron chi connectivity index (χ0n) is 27.0. The van der Waals surface area contributed by atoms with Gasteiger partial charge < -0.3 is 24.3 Å². The average Bonchev–Trinajstić information content (AvgIpc) is 3.76. The number of rotatable bonds is 15. The number of unbranched alkanes of at least 4 members (excludes halogenated alkanes) is 1. The van der Waals surface area contributed by atoms with Crippen LogP contribution in [0.25, 0.3) is 11.1 Å². The molecule has 15 heteroatoms. The molecule has 252 valence electrons. The molecule has 3 aromatic heterocycles. The number of hydrogen-bond donors (Lipinski definition) is 1. The molecule has 0 spiro atoms. The molecule has 1 saturated carbocycles. The zero-order chi connectivity index (χ0) is 32.4. The molecule has 4 aromatic rings. The third-order valence-electron chi connectivity index (χ3n) is 8.61. The minimum absolute atomic E-state index is 0.203. The van der Waals surface area contributed by atoms with Crippen LogP contribution in [-0.4, -0.2) is 104 Å². The lowest BCUT2D eigenvalue weighted by molar-refractivity contribution is 0.00503. The van der Waals surface area contributed by atoms with E-state index in [4.69, 9.17) is 35.6 Å². The van der Waals surface area contributed by atoms with Crippen LogP contribution in [0.15, 0.2) is 43.1 Å². The van der Waals surface area contributed by atoms with Gasteiger partial charge in [-0.25, -0.2) is 14.6 Å². The predicted octanol–water partition coefficient (Wildman–Crippen LogP) is 4.81. The van der Waals surface area contributed by atoms with E-state index in [2.05, 4.69) is 40.4 Å². The maximum absolute atomic E-state index is 6.46. The first-order chi connectivity index (χ1) is 23.1. The SMILES string of the molecule is COCCCCOc1nn(C2CCC(N3CCOCC3)CC2)cc1Nc1ncc(-c2ccc(Cl)c(OC(C)Cn3cnnn3)c2)cn1. The summed E-state index contributed by atoms with van der Waals surface area (Å²) in [6.45, 7) is 7.40. The number of morpholine rings is 1. The van der Waals surface area contributed by atoms with Gasteiger partial charge in [-0.2, -0.15) is 0 Å². The van der Waals surface area contributed by atoms with Gasteiger partial charge in [0.1, 0.15) is 23.9 Å². The standard InChI is InChI=1S/C32H43ClN10O4/c1-23(20-42-22-36-39-40-42)47-30-17-24(5-10-28(30)33)25-18-34-32(35-19-25)37-29-21-43(38-31(29)46-14-4-3-13-44-2)27-8-6-26(7-9-27)41-11-15-45-16-12-41/h5,10,17-19,21-23,26-27H,3-4,6-9,11-16,20H2,1-2H3,(H,34,35,37). The largest absolute Gasteiger partial charge is 0.487 e. The minimum Gasteiger partial charge on any atom is -0.487 e. The second-order valence-corrected chi connectivity index (χ2v) is 12.4. The lowest BCUT2D eigenvalue weighted by atomic mass is 9.90. The van der Waals surface area contributed by atoms with Crippen LogP contribution in [0.1, 0.15) is 51.5 Å². The lowest BCUT2D eigenvalue weighted by Crippen LogP contribution is -2.45. The summed E-state index contributed by atoms with van der Waals surface area (Å²) in [4.78, 5) is 11.8. The summed E-state index contributed by atoms with van der Waals surface area (Å²) in [6, 6.07) is 6.55. The molecule has 47 heavy (non-hydrogen) atoms. The van der Waals surface area contributed by atoms with E-state index in [1.807, 2.05) is 25.3 Å². The molecular weight excluding hydrogens is 624 g/mol. The van der Waals surface area contributed by atoms with Crippen molar-refractivity contribution in [2.75, 3.05) is 51.9 Å². The molecule has 1 aromatic carbocycles. The van der Waals surface area contributed by atoms with Gasteiger partial charge >= 0.3 is 0 Å². The van der Waals surface area contributed by atoms with Crippen LogP contribution in [0, 0.1) is 0 Å². The Morgan fingerprint density at radius 3 is 2.53 bits per heavy atom. The number of tetrazole rings is 1. The van der Waals surface area contributed by atoms with Crippen LogP contribution in [0.5, 0.6) is 11.6 Å². The number of methoxy groups -OCH3 is 1. The second kappa shape index (κ2) is 16.3. The normalized spacial score (nSPS) is 19.4. The Kier molecular flexibility index (Phi) is 11.5. The Balaban J connectivity index is 1.11. The van der Waals surface area contributed by atoms with Gasteiger partial charge in [-0.05, 0) is 73.6 Å². The van der Waals surface area contributed by atoms with Crippen LogP contribution >= 0.6 is 11.6 Å². The van der Waals surface area contributed by atoms with Gasteiger partial charge in [-0.3, -0.25) is 9.58 Å². The molecule has 2 aliphatic rings. The first-order valence-electron chi connectivity index (χ1n) is 16.3. The maximum Gasteiger partial charge on any atom is 0.256 e. The molecule has 1 aliphatic carbocycles. The van der Waals surface area contributed by atoms with E-state index in [0.717, 1.165) is 81.6 Å². The number of benzene rings is 1. The highest BCUT2D eigenvalue weighted by Crippen LogP contribution is 2.35. The third-order valence-corrected chi connectivity index (χ3v) is 8.92. The number of halogens is 1. The van der Waals surface area contributed by atoms with Gasteiger partial charge in [0.2, 0.25) is 5.95 Å². The van der Waals surface area contributed by atoms with E-state index < -0.39 is 0 Å². The summed E-state index contributed by atoms with van der Waals surface area (Å²) in [5, 5.41) is 20.0. The van der Waals surface area contributed by atoms with E-state index in [0.29, 0.717) is 54.4 Å². The Hall–Kier alpha value is -3.85. The summed E-state index contributed by atoms with van der Waals surface area (Å²) in [7, 11) is 1.71. The summed E-state index contributed by atoms with van der Waals surface area (Å²) in [6.07, 6.45) is 13.2. The number of ether oxygens (including phenoxy) is 4. The van der Waals surface area contributed by atoms with Gasteiger partial charge in [0.15, 0.2) is 0 Å². The molecule has 1 atom stereocenters. The van der Waals surface area contributed by atoms with Crippen molar-refractivity contribution in [1.29, 1.82) is 0 Å². The first kappa shape index (κ1) is 33.1. The topological polar surface area (TPSA) is 139 Å². The number of anilines is 2. The molecule has 1 unspecified atom stereocenters. The summed E-state index contributed by atoms with van der Waals surface area (Å²) in [5.74, 6) is 1.57. The molecule has 0 bridgehead atoms. The Morgan fingerprint density at radius 2 is 1.79 bits per heavy atom. The van der Waals surface area contributed by atoms with Crippen molar-refractivity contribution in [2.24, 2.45) is 0 Å². The zero-order valence-corrected chi connectivity index (χ0v) is 27.8. The molecule has 14 nitrogen and oxygen atoms in total. The predicted molar refractivity (Wildman–Crippen MR) is 176 cm³/mol. The summed E-state index contributed by atoms with van der Waals surface area (Å²) >= 11 is 6.46. The molecule has 2 fully saturated rings. The summed E-state index contributed by atoms with van der Waals surface area (Å²) in [5.41, 5.74) is 2.46. The first-order valence-corrected chi connectivity index (χ1v) is 16.7. The van der Waals surface area contributed by atoms with Gasteiger partial charge in [0.05, 0.1) is 43.6 Å². The Labute approximate surface area is 279 Å². The van der Waals surface area contributed by atoms with Crippen LogP contribution in [0.4, 0.5) is 11.6 Å². The molecule has 0 amide bonds. The molecule has 1 saturated heterocycles. The highest BCUT2D eigenvalue weighted by Gasteiger charge is 2.29.